The van der Waals surface area contributed by atoms with Crippen molar-refractivity contribution in [1.82, 2.24) is 0 Å². The van der Waals surface area contributed by atoms with Gasteiger partial charge in [0, 0.05) is 5.56 Å². The molecule has 0 saturated heterocycles. The molecule has 0 saturated carbocycles. The summed E-state index contributed by atoms with van der Waals surface area (Å²) in [4.78, 5) is 5.15. The van der Waals surface area contributed by atoms with E-state index in [0.29, 0.717) is 10.2 Å². The summed E-state index contributed by atoms with van der Waals surface area (Å²) in [5.41, 5.74) is 0.766. The fourth-order valence-corrected chi connectivity index (χ4v) is 1.95. The monoisotopic (exact) mass is 357 g/mol. The van der Waals surface area contributed by atoms with Crippen LogP contribution in [-0.4, -0.2) is 4.62 Å². The van der Waals surface area contributed by atoms with Gasteiger partial charge in [-0.2, -0.15) is 13.2 Å². The lowest BCUT2D eigenvalue weighted by Gasteiger charge is -2.07. The molecule has 0 bridgehead atoms. The number of rotatable bonds is 4. The minimum atomic E-state index is -4.34. The fourth-order valence-electron chi connectivity index (χ4n) is 1.59. The summed E-state index contributed by atoms with van der Waals surface area (Å²) in [5.74, 6) is 0. The smallest absolute Gasteiger partial charge is 0.390 e. The largest absolute Gasteiger partial charge is 0.416 e. The van der Waals surface area contributed by atoms with Gasteiger partial charge in [0.15, 0.2) is 4.62 Å². The molecule has 0 spiro atoms. The Morgan fingerprint density at radius 1 is 1.00 bits per heavy atom. The topological polar surface area (TPSA) is 21.6 Å². The SMILES string of the molecule is FC(F)(F)c1ccc(/C(Br)=N/OCc2ccccc2)cc1. The van der Waals surface area contributed by atoms with Crippen molar-refractivity contribution in [2.75, 3.05) is 0 Å². The molecule has 2 rings (SSSR count). The van der Waals surface area contributed by atoms with Crippen molar-refractivity contribution in [3.63, 3.8) is 0 Å². The maximum absolute atomic E-state index is 12.4. The fraction of sp³-hybridized carbons (Fsp3) is 0.133. The molecule has 0 fully saturated rings. The zero-order valence-electron chi connectivity index (χ0n) is 10.8. The quantitative estimate of drug-likeness (QED) is 0.558. The van der Waals surface area contributed by atoms with Crippen LogP contribution in [0.2, 0.25) is 0 Å². The molecular weight excluding hydrogens is 347 g/mol. The zero-order chi connectivity index (χ0) is 15.3. The van der Waals surface area contributed by atoms with E-state index in [1.807, 2.05) is 30.3 Å². The van der Waals surface area contributed by atoms with Gasteiger partial charge in [0.25, 0.3) is 0 Å². The van der Waals surface area contributed by atoms with Crippen molar-refractivity contribution in [2.45, 2.75) is 12.8 Å². The molecule has 0 amide bonds. The van der Waals surface area contributed by atoms with E-state index < -0.39 is 11.7 Å². The molecule has 2 nitrogen and oxygen atoms in total. The van der Waals surface area contributed by atoms with Gasteiger partial charge in [-0.25, -0.2) is 0 Å². The van der Waals surface area contributed by atoms with Gasteiger partial charge in [-0.3, -0.25) is 0 Å². The summed E-state index contributed by atoms with van der Waals surface area (Å²) < 4.78 is 37.7. The van der Waals surface area contributed by atoms with Gasteiger partial charge >= 0.3 is 6.18 Å². The molecule has 6 heteroatoms. The maximum atomic E-state index is 12.4. The van der Waals surface area contributed by atoms with Gasteiger partial charge in [-0.15, -0.1) is 0 Å². The molecule has 0 atom stereocenters. The van der Waals surface area contributed by atoms with Gasteiger partial charge < -0.3 is 4.84 Å². The van der Waals surface area contributed by atoms with E-state index in [1.165, 1.54) is 12.1 Å². The summed E-state index contributed by atoms with van der Waals surface area (Å²) in [6.07, 6.45) is -4.34. The van der Waals surface area contributed by atoms with E-state index in [4.69, 9.17) is 4.84 Å². The molecule has 0 N–H and O–H groups in total. The van der Waals surface area contributed by atoms with Gasteiger partial charge in [0.05, 0.1) is 5.56 Å². The van der Waals surface area contributed by atoms with Gasteiger partial charge in [-0.05, 0) is 33.6 Å². The first-order chi connectivity index (χ1) is 9.97. The highest BCUT2D eigenvalue weighted by Crippen LogP contribution is 2.29. The lowest BCUT2D eigenvalue weighted by atomic mass is 10.1. The van der Waals surface area contributed by atoms with Crippen molar-refractivity contribution in [2.24, 2.45) is 5.16 Å². The Labute approximate surface area is 128 Å². The summed E-state index contributed by atoms with van der Waals surface area (Å²) in [6.45, 7) is 0.288. The third kappa shape index (κ3) is 4.60. The van der Waals surface area contributed by atoms with Crippen molar-refractivity contribution in [3.8, 4) is 0 Å². The maximum Gasteiger partial charge on any atom is 0.416 e. The number of oxime groups is 1. The molecule has 0 aromatic heterocycles. The molecule has 0 aliphatic rings. The first kappa shape index (κ1) is 15.6. The Balaban J connectivity index is 1.99. The number of hydrogen-bond donors (Lipinski definition) is 0. The van der Waals surface area contributed by atoms with E-state index in [2.05, 4.69) is 21.1 Å². The standard InChI is InChI=1S/C15H11BrF3NO/c16-14(20-21-10-11-4-2-1-3-5-11)12-6-8-13(9-7-12)15(17,18)19/h1-9H,10H2/b20-14-. The van der Waals surface area contributed by atoms with E-state index in [1.54, 1.807) is 0 Å². The highest BCUT2D eigenvalue weighted by molar-refractivity contribution is 9.18. The third-order valence-corrected chi connectivity index (χ3v) is 3.27. The Kier molecular flexibility index (Phi) is 5.01. The van der Waals surface area contributed by atoms with Crippen LogP contribution < -0.4 is 0 Å². The summed E-state index contributed by atoms with van der Waals surface area (Å²) in [6, 6.07) is 14.1. The number of hydrogen-bond acceptors (Lipinski definition) is 2. The van der Waals surface area contributed by atoms with Crippen LogP contribution in [0.3, 0.4) is 0 Å². The zero-order valence-corrected chi connectivity index (χ0v) is 12.4. The second-order valence-corrected chi connectivity index (χ2v) is 4.97. The molecule has 21 heavy (non-hydrogen) atoms. The summed E-state index contributed by atoms with van der Waals surface area (Å²) in [7, 11) is 0. The first-order valence-electron chi connectivity index (χ1n) is 6.04. The molecule has 110 valence electrons. The minimum Gasteiger partial charge on any atom is -0.390 e. The van der Waals surface area contributed by atoms with E-state index in [0.717, 1.165) is 17.7 Å². The van der Waals surface area contributed by atoms with Crippen molar-refractivity contribution >= 4 is 20.6 Å². The number of alkyl halides is 3. The first-order valence-corrected chi connectivity index (χ1v) is 6.83. The highest BCUT2D eigenvalue weighted by Gasteiger charge is 2.30. The Hall–Kier alpha value is -1.82. The lowest BCUT2D eigenvalue weighted by Crippen LogP contribution is -2.05. The minimum absolute atomic E-state index is 0.288. The molecule has 2 aromatic carbocycles. The normalized spacial score (nSPS) is 12.3. The van der Waals surface area contributed by atoms with Crippen LogP contribution in [0.25, 0.3) is 0 Å². The van der Waals surface area contributed by atoms with Gasteiger partial charge in [0.2, 0.25) is 0 Å². The highest BCUT2D eigenvalue weighted by atomic mass is 79.9. The second-order valence-electron chi connectivity index (χ2n) is 4.22. The second kappa shape index (κ2) is 6.76. The van der Waals surface area contributed by atoms with Crippen LogP contribution >= 0.6 is 15.9 Å². The van der Waals surface area contributed by atoms with E-state index in [9.17, 15) is 13.2 Å². The van der Waals surface area contributed by atoms with Gasteiger partial charge in [0.1, 0.15) is 6.61 Å². The van der Waals surface area contributed by atoms with Crippen LogP contribution in [0.5, 0.6) is 0 Å². The molecular formula is C15H11BrF3NO. The predicted octanol–water partition coefficient (Wildman–Crippen LogP) is 4.98. The molecule has 0 heterocycles. The number of benzene rings is 2. The number of nitrogens with zero attached hydrogens (tertiary/aromatic N) is 1. The Bertz CT molecular complexity index is 609. The van der Waals surface area contributed by atoms with Crippen molar-refractivity contribution < 1.29 is 18.0 Å². The molecule has 0 unspecified atom stereocenters. The Morgan fingerprint density at radius 2 is 1.62 bits per heavy atom. The van der Waals surface area contributed by atoms with E-state index >= 15 is 0 Å². The molecule has 0 aliphatic heterocycles. The average molecular weight is 358 g/mol. The average Bonchev–Trinajstić information content (AvgIpc) is 2.47. The van der Waals surface area contributed by atoms with Crippen LogP contribution in [0.4, 0.5) is 13.2 Å². The Morgan fingerprint density at radius 3 is 2.19 bits per heavy atom. The van der Waals surface area contributed by atoms with Crippen LogP contribution in [0.1, 0.15) is 16.7 Å². The van der Waals surface area contributed by atoms with Crippen molar-refractivity contribution in [3.05, 3.63) is 71.3 Å². The lowest BCUT2D eigenvalue weighted by molar-refractivity contribution is -0.137. The van der Waals surface area contributed by atoms with Crippen molar-refractivity contribution in [1.29, 1.82) is 0 Å². The predicted molar refractivity (Wildman–Crippen MR) is 78.1 cm³/mol. The van der Waals surface area contributed by atoms with Crippen LogP contribution in [0.15, 0.2) is 59.8 Å². The number of halogens is 4. The summed E-state index contributed by atoms with van der Waals surface area (Å²) >= 11 is 3.18. The molecule has 0 aliphatic carbocycles. The summed E-state index contributed by atoms with van der Waals surface area (Å²) in [5, 5.41) is 3.83. The van der Waals surface area contributed by atoms with Gasteiger partial charge in [-0.1, -0.05) is 47.6 Å². The molecule has 0 radical (unpaired) electrons. The van der Waals surface area contributed by atoms with Crippen LogP contribution in [-0.2, 0) is 17.6 Å². The molecule has 2 aromatic rings. The van der Waals surface area contributed by atoms with Crippen LogP contribution in [0, 0.1) is 0 Å². The third-order valence-electron chi connectivity index (χ3n) is 2.67. The van der Waals surface area contributed by atoms with E-state index in [-0.39, 0.29) is 6.61 Å².